The summed E-state index contributed by atoms with van der Waals surface area (Å²) < 4.78 is 14.1. The van der Waals surface area contributed by atoms with E-state index in [1.807, 2.05) is 12.1 Å². The lowest BCUT2D eigenvalue weighted by Crippen LogP contribution is -2.29. The van der Waals surface area contributed by atoms with E-state index in [9.17, 15) is 4.39 Å². The first-order chi connectivity index (χ1) is 10.0. The molecule has 21 heavy (non-hydrogen) atoms. The first kappa shape index (κ1) is 16.4. The van der Waals surface area contributed by atoms with E-state index in [1.54, 1.807) is 6.07 Å². The van der Waals surface area contributed by atoms with Gasteiger partial charge < -0.3 is 0 Å². The molecule has 0 heterocycles. The Morgan fingerprint density at radius 3 is 2.57 bits per heavy atom. The van der Waals surface area contributed by atoms with Crippen LogP contribution in [0.4, 0.5) is 4.39 Å². The third kappa shape index (κ3) is 4.25. The lowest BCUT2D eigenvalue weighted by molar-refractivity contribution is 0.610. The average Bonchev–Trinajstić information content (AvgIpc) is 2.41. The summed E-state index contributed by atoms with van der Waals surface area (Å²) in [6.45, 7) is 4.41. The molecule has 1 unspecified atom stereocenters. The third-order valence-corrected chi connectivity index (χ3v) is 4.30. The molecule has 4 heteroatoms. The topological polar surface area (TPSA) is 38.0 Å². The lowest BCUT2D eigenvalue weighted by Gasteiger charge is -2.19. The van der Waals surface area contributed by atoms with E-state index in [2.05, 4.69) is 54.0 Å². The van der Waals surface area contributed by atoms with Gasteiger partial charge in [0.25, 0.3) is 0 Å². The second-order valence-corrected chi connectivity index (χ2v) is 6.77. The second-order valence-electron chi connectivity index (χ2n) is 5.61. The van der Waals surface area contributed by atoms with Gasteiger partial charge >= 0.3 is 0 Å². The molecule has 0 fully saturated rings. The molecule has 0 spiro atoms. The van der Waals surface area contributed by atoms with Crippen molar-refractivity contribution in [2.45, 2.75) is 26.3 Å². The predicted molar refractivity (Wildman–Crippen MR) is 93.3 cm³/mol. The Kier molecular flexibility index (Phi) is 5.72. The highest BCUT2D eigenvalue weighted by Gasteiger charge is 2.16. The van der Waals surface area contributed by atoms with Crippen molar-refractivity contribution in [3.05, 3.63) is 68.5 Å². The fourth-order valence-electron chi connectivity index (χ4n) is 2.47. The van der Waals surface area contributed by atoms with Crippen LogP contribution in [0.2, 0.25) is 0 Å². The van der Waals surface area contributed by atoms with Gasteiger partial charge in [0.1, 0.15) is 5.82 Å². The second kappa shape index (κ2) is 7.33. The molecule has 1 atom stereocenters. The Bertz CT molecular complexity index is 613. The molecule has 2 aromatic carbocycles. The highest BCUT2D eigenvalue weighted by molar-refractivity contribution is 14.1. The van der Waals surface area contributed by atoms with Crippen molar-refractivity contribution in [3.8, 4) is 0 Å². The average molecular weight is 398 g/mol. The minimum Gasteiger partial charge on any atom is -0.271 e. The molecule has 0 saturated carbocycles. The molecule has 0 aliphatic rings. The zero-order valence-electron chi connectivity index (χ0n) is 12.2. The monoisotopic (exact) mass is 398 g/mol. The number of rotatable bonds is 5. The van der Waals surface area contributed by atoms with Gasteiger partial charge in [-0.05, 0) is 63.8 Å². The molecule has 2 nitrogen and oxygen atoms in total. The van der Waals surface area contributed by atoms with E-state index in [0.717, 1.165) is 21.1 Å². The zero-order valence-corrected chi connectivity index (χ0v) is 14.4. The molecule has 3 N–H and O–H groups in total. The summed E-state index contributed by atoms with van der Waals surface area (Å²) in [5, 5.41) is 0. The van der Waals surface area contributed by atoms with Gasteiger partial charge in [-0.25, -0.2) is 9.82 Å². The van der Waals surface area contributed by atoms with E-state index < -0.39 is 0 Å². The van der Waals surface area contributed by atoms with Crippen LogP contribution in [0.15, 0.2) is 42.5 Å². The fraction of sp³-hybridized carbons (Fsp3) is 0.294. The summed E-state index contributed by atoms with van der Waals surface area (Å²) in [5.74, 6) is 6.13. The highest BCUT2D eigenvalue weighted by Crippen LogP contribution is 2.27. The molecule has 0 bridgehead atoms. The molecule has 2 rings (SSSR count). The maximum atomic E-state index is 13.3. The maximum Gasteiger partial charge on any atom is 0.124 e. The van der Waals surface area contributed by atoms with Gasteiger partial charge in [0, 0.05) is 3.57 Å². The smallest absolute Gasteiger partial charge is 0.124 e. The van der Waals surface area contributed by atoms with E-state index >= 15 is 0 Å². The van der Waals surface area contributed by atoms with Crippen molar-refractivity contribution >= 4 is 22.6 Å². The van der Waals surface area contributed by atoms with E-state index in [4.69, 9.17) is 5.84 Å². The Morgan fingerprint density at radius 2 is 1.95 bits per heavy atom. The molecule has 0 amide bonds. The van der Waals surface area contributed by atoms with E-state index in [-0.39, 0.29) is 11.9 Å². The van der Waals surface area contributed by atoms with Gasteiger partial charge in [-0.15, -0.1) is 0 Å². The van der Waals surface area contributed by atoms with Crippen LogP contribution in [0.25, 0.3) is 0 Å². The van der Waals surface area contributed by atoms with Crippen molar-refractivity contribution in [1.82, 2.24) is 5.43 Å². The van der Waals surface area contributed by atoms with Crippen molar-refractivity contribution < 1.29 is 4.39 Å². The first-order valence-corrected chi connectivity index (χ1v) is 8.09. The van der Waals surface area contributed by atoms with Gasteiger partial charge in [-0.1, -0.05) is 44.2 Å². The van der Waals surface area contributed by atoms with Crippen LogP contribution in [0.5, 0.6) is 0 Å². The van der Waals surface area contributed by atoms with Gasteiger partial charge in [0.05, 0.1) is 6.04 Å². The maximum absolute atomic E-state index is 13.3. The van der Waals surface area contributed by atoms with Gasteiger partial charge in [-0.3, -0.25) is 5.84 Å². The normalized spacial score (nSPS) is 12.7. The van der Waals surface area contributed by atoms with Gasteiger partial charge in [-0.2, -0.15) is 0 Å². The molecular weight excluding hydrogens is 378 g/mol. The SMILES string of the molecule is CC(C)Cc1cccc(C(NN)c2ccc(F)cc2I)c1. The van der Waals surface area contributed by atoms with Crippen molar-refractivity contribution in [2.75, 3.05) is 0 Å². The van der Waals surface area contributed by atoms with Crippen LogP contribution >= 0.6 is 22.6 Å². The number of hydrogen-bond donors (Lipinski definition) is 2. The Balaban J connectivity index is 2.37. The summed E-state index contributed by atoms with van der Waals surface area (Å²) in [6, 6.07) is 13.1. The summed E-state index contributed by atoms with van der Waals surface area (Å²) in [6.07, 6.45) is 1.03. The molecule has 0 aliphatic carbocycles. The number of hydrogen-bond acceptors (Lipinski definition) is 2. The van der Waals surface area contributed by atoms with E-state index in [0.29, 0.717) is 5.92 Å². The zero-order chi connectivity index (χ0) is 15.4. The molecule has 112 valence electrons. The third-order valence-electron chi connectivity index (χ3n) is 3.37. The van der Waals surface area contributed by atoms with Crippen LogP contribution < -0.4 is 11.3 Å². The first-order valence-electron chi connectivity index (χ1n) is 7.01. The number of halogens is 2. The van der Waals surface area contributed by atoms with Crippen molar-refractivity contribution in [2.24, 2.45) is 11.8 Å². The highest BCUT2D eigenvalue weighted by atomic mass is 127. The predicted octanol–water partition coefficient (Wildman–Crippen LogP) is 4.18. The summed E-state index contributed by atoms with van der Waals surface area (Å²) in [5.41, 5.74) is 6.22. The minimum atomic E-state index is -0.229. The van der Waals surface area contributed by atoms with Gasteiger partial charge in [0.2, 0.25) is 0 Å². The van der Waals surface area contributed by atoms with Crippen LogP contribution in [0.1, 0.15) is 36.6 Å². The van der Waals surface area contributed by atoms with Gasteiger partial charge in [0.15, 0.2) is 0 Å². The lowest BCUT2D eigenvalue weighted by atomic mass is 9.95. The van der Waals surface area contributed by atoms with E-state index in [1.165, 1.54) is 17.7 Å². The molecule has 2 aromatic rings. The standard InChI is InChI=1S/C17H20FIN2/c1-11(2)8-12-4-3-5-13(9-12)17(21-20)15-7-6-14(18)10-16(15)19/h3-7,9-11,17,21H,8,20H2,1-2H3. The number of hydrazine groups is 1. The molecule has 0 saturated heterocycles. The van der Waals surface area contributed by atoms with Crippen LogP contribution in [-0.4, -0.2) is 0 Å². The quantitative estimate of drug-likeness (QED) is 0.451. The largest absolute Gasteiger partial charge is 0.271 e. The Hall–Kier alpha value is -0.980. The minimum absolute atomic E-state index is 0.135. The van der Waals surface area contributed by atoms with Crippen LogP contribution in [-0.2, 0) is 6.42 Å². The Labute approximate surface area is 139 Å². The fourth-order valence-corrected chi connectivity index (χ4v) is 3.26. The molecular formula is C17H20FIN2. The molecule has 0 radical (unpaired) electrons. The summed E-state index contributed by atoms with van der Waals surface area (Å²) >= 11 is 2.14. The van der Waals surface area contributed by atoms with Crippen molar-refractivity contribution in [1.29, 1.82) is 0 Å². The summed E-state index contributed by atoms with van der Waals surface area (Å²) in [4.78, 5) is 0. The van der Waals surface area contributed by atoms with Crippen molar-refractivity contribution in [3.63, 3.8) is 0 Å². The van der Waals surface area contributed by atoms with Crippen LogP contribution in [0.3, 0.4) is 0 Å². The Morgan fingerprint density at radius 1 is 1.19 bits per heavy atom. The number of benzene rings is 2. The molecule has 0 aromatic heterocycles. The number of nitrogens with two attached hydrogens (primary N) is 1. The number of nitrogens with one attached hydrogen (secondary N) is 1. The van der Waals surface area contributed by atoms with Crippen LogP contribution in [0, 0.1) is 15.3 Å². The summed E-state index contributed by atoms with van der Waals surface area (Å²) in [7, 11) is 0. The molecule has 0 aliphatic heterocycles.